The summed E-state index contributed by atoms with van der Waals surface area (Å²) in [5.74, 6) is 0.528. The van der Waals surface area contributed by atoms with Gasteiger partial charge in [0, 0.05) is 6.54 Å². The predicted octanol–water partition coefficient (Wildman–Crippen LogP) is 5.41. The van der Waals surface area contributed by atoms with Gasteiger partial charge in [0.05, 0.1) is 6.04 Å². The van der Waals surface area contributed by atoms with Crippen molar-refractivity contribution in [1.82, 2.24) is 10.2 Å². The number of carbonyl (C=O) groups excluding carboxylic acids is 1. The first-order valence-electron chi connectivity index (χ1n) is 11.7. The Bertz CT molecular complexity index is 984. The molecule has 2 atom stereocenters. The molecule has 3 heterocycles. The second-order valence-corrected chi connectivity index (χ2v) is 10.6. The zero-order valence-corrected chi connectivity index (χ0v) is 19.2. The highest BCUT2D eigenvalue weighted by Crippen LogP contribution is 2.46. The molecule has 2 aromatic rings. The van der Waals surface area contributed by atoms with Gasteiger partial charge < -0.3 is 10.1 Å². The molecule has 1 amide bonds. The molecule has 4 heteroatoms. The van der Waals surface area contributed by atoms with Gasteiger partial charge in [-0.2, -0.15) is 0 Å². The number of fused-ring (bicyclic) bond motifs is 4. The Morgan fingerprint density at radius 3 is 2.39 bits per heavy atom. The number of benzene rings is 2. The maximum absolute atomic E-state index is 12.9. The van der Waals surface area contributed by atoms with Crippen molar-refractivity contribution in [2.45, 2.75) is 59.1 Å². The summed E-state index contributed by atoms with van der Waals surface area (Å²) in [4.78, 5) is 15.3. The number of carbonyl (C=O) groups is 1. The van der Waals surface area contributed by atoms with Crippen LogP contribution in [0.2, 0.25) is 0 Å². The summed E-state index contributed by atoms with van der Waals surface area (Å²) >= 11 is 0. The van der Waals surface area contributed by atoms with Crippen LogP contribution in [0.5, 0.6) is 0 Å². The number of alkyl carbamates (subject to hydrolysis) is 1. The molecule has 6 rings (SSSR count). The molecule has 1 N–H and O–H groups in total. The normalized spacial score (nSPS) is 28.3. The minimum atomic E-state index is -0.261. The zero-order chi connectivity index (χ0) is 21.8. The highest BCUT2D eigenvalue weighted by molar-refractivity contribution is 5.70. The van der Waals surface area contributed by atoms with Gasteiger partial charge in [-0.1, -0.05) is 61.4 Å². The summed E-state index contributed by atoms with van der Waals surface area (Å²) in [6, 6.07) is 13.4. The van der Waals surface area contributed by atoms with Crippen LogP contribution in [-0.2, 0) is 11.2 Å². The van der Waals surface area contributed by atoms with Crippen LogP contribution in [0.3, 0.4) is 0 Å². The number of piperidine rings is 3. The van der Waals surface area contributed by atoms with E-state index in [1.165, 1.54) is 33.4 Å². The first kappa shape index (κ1) is 20.6. The van der Waals surface area contributed by atoms with Crippen molar-refractivity contribution >= 4 is 6.09 Å². The summed E-state index contributed by atoms with van der Waals surface area (Å²) < 4.78 is 5.92. The molecule has 0 aromatic heterocycles. The van der Waals surface area contributed by atoms with Crippen molar-refractivity contribution in [3.05, 3.63) is 58.7 Å². The van der Waals surface area contributed by atoms with Gasteiger partial charge >= 0.3 is 6.09 Å². The summed E-state index contributed by atoms with van der Waals surface area (Å²) in [6.07, 6.45) is 3.03. The van der Waals surface area contributed by atoms with E-state index in [9.17, 15) is 4.79 Å². The third-order valence-corrected chi connectivity index (χ3v) is 7.55. The topological polar surface area (TPSA) is 41.6 Å². The van der Waals surface area contributed by atoms with Gasteiger partial charge in [-0.3, -0.25) is 4.90 Å². The monoisotopic (exact) mass is 418 g/mol. The lowest BCUT2D eigenvalue weighted by molar-refractivity contribution is -0.0348. The second-order valence-electron chi connectivity index (χ2n) is 10.6. The fourth-order valence-electron chi connectivity index (χ4n) is 5.98. The van der Waals surface area contributed by atoms with Crippen LogP contribution in [0.25, 0.3) is 11.1 Å². The number of nitrogens with one attached hydrogen (secondary N) is 1. The molecule has 0 radical (unpaired) electrons. The van der Waals surface area contributed by atoms with E-state index in [0.717, 1.165) is 38.9 Å². The van der Waals surface area contributed by atoms with E-state index in [-0.39, 0.29) is 23.7 Å². The van der Waals surface area contributed by atoms with Crippen molar-refractivity contribution < 1.29 is 9.53 Å². The lowest BCUT2D eigenvalue weighted by Crippen LogP contribution is -2.53. The van der Waals surface area contributed by atoms with Crippen LogP contribution in [0.4, 0.5) is 4.79 Å². The van der Waals surface area contributed by atoms with E-state index >= 15 is 0 Å². The lowest BCUT2D eigenvalue weighted by atomic mass is 9.85. The van der Waals surface area contributed by atoms with Crippen molar-refractivity contribution in [3.63, 3.8) is 0 Å². The summed E-state index contributed by atoms with van der Waals surface area (Å²) in [6.45, 7) is 12.0. The zero-order valence-electron chi connectivity index (χ0n) is 19.2. The van der Waals surface area contributed by atoms with Crippen LogP contribution in [0.15, 0.2) is 36.4 Å². The van der Waals surface area contributed by atoms with E-state index in [4.69, 9.17) is 4.74 Å². The fourth-order valence-corrected chi connectivity index (χ4v) is 5.98. The Labute approximate surface area is 186 Å². The van der Waals surface area contributed by atoms with Crippen LogP contribution >= 0.6 is 0 Å². The Kier molecular flexibility index (Phi) is 5.09. The minimum Gasteiger partial charge on any atom is -0.445 e. The molecule has 0 spiro atoms. The number of hydrogen-bond acceptors (Lipinski definition) is 3. The smallest absolute Gasteiger partial charge is 0.407 e. The molecule has 164 valence electrons. The average Bonchev–Trinajstić information content (AvgIpc) is 2.97. The fraction of sp³-hybridized carbons (Fsp3) is 0.519. The Morgan fingerprint density at radius 2 is 1.74 bits per heavy atom. The van der Waals surface area contributed by atoms with E-state index in [1.54, 1.807) is 0 Å². The lowest BCUT2D eigenvalue weighted by Gasteiger charge is -2.44. The second kappa shape index (κ2) is 7.67. The molecule has 1 unspecified atom stereocenters. The molecule has 2 bridgehead atoms. The van der Waals surface area contributed by atoms with E-state index < -0.39 is 0 Å². The highest BCUT2D eigenvalue weighted by Gasteiger charge is 2.42. The molecule has 4 aliphatic rings. The number of rotatable bonds is 3. The van der Waals surface area contributed by atoms with Gasteiger partial charge in [-0.15, -0.1) is 0 Å². The first-order valence-corrected chi connectivity index (χ1v) is 11.7. The first-order chi connectivity index (χ1) is 14.8. The number of nitrogens with zero attached hydrogens (tertiary/aromatic N) is 1. The van der Waals surface area contributed by atoms with Crippen molar-refractivity contribution in [1.29, 1.82) is 0 Å². The third kappa shape index (κ3) is 3.98. The maximum Gasteiger partial charge on any atom is 0.407 e. The van der Waals surface area contributed by atoms with Crippen molar-refractivity contribution in [3.8, 4) is 11.1 Å². The molecule has 0 saturated carbocycles. The molecular formula is C27H34N2O2. The standard InChI is InChI=1S/C27H34N2O2/c1-17-11-18(2)13-21(12-17)20-5-6-23-22(14-20)15-27(3,4)25(23)28-26(30)31-24-16-29-9-7-19(24)8-10-29/h5-6,11-14,19,24-25H,7-10,15-16H2,1-4H3,(H,28,30)/t24-,25?/m1/s1. The SMILES string of the molecule is Cc1cc(C)cc(-c2ccc3c(c2)CC(C)(C)C3NC(=O)O[C@@H]2CN3CCC2CC3)c1. The molecule has 3 saturated heterocycles. The molecule has 2 aromatic carbocycles. The number of amides is 1. The van der Waals surface area contributed by atoms with Gasteiger partial charge in [0.2, 0.25) is 0 Å². The Hall–Kier alpha value is -2.33. The molecular weight excluding hydrogens is 384 g/mol. The predicted molar refractivity (Wildman–Crippen MR) is 124 cm³/mol. The number of aryl methyl sites for hydroxylation is 2. The number of hydrogen-bond donors (Lipinski definition) is 1. The van der Waals surface area contributed by atoms with Gasteiger partial charge in [0.15, 0.2) is 0 Å². The maximum atomic E-state index is 12.9. The molecule has 3 fully saturated rings. The van der Waals surface area contributed by atoms with Gasteiger partial charge in [0.1, 0.15) is 6.10 Å². The largest absolute Gasteiger partial charge is 0.445 e. The van der Waals surface area contributed by atoms with Crippen LogP contribution in [0.1, 0.15) is 55.0 Å². The highest BCUT2D eigenvalue weighted by atomic mass is 16.6. The summed E-state index contributed by atoms with van der Waals surface area (Å²) in [7, 11) is 0. The molecule has 1 aliphatic carbocycles. The van der Waals surface area contributed by atoms with Crippen LogP contribution < -0.4 is 5.32 Å². The quantitative estimate of drug-likeness (QED) is 0.724. The molecule has 3 aliphatic heterocycles. The molecule has 4 nitrogen and oxygen atoms in total. The van der Waals surface area contributed by atoms with Gasteiger partial charge in [-0.05, 0) is 79.8 Å². The van der Waals surface area contributed by atoms with E-state index in [0.29, 0.717) is 5.92 Å². The van der Waals surface area contributed by atoms with Crippen LogP contribution in [-0.4, -0.2) is 36.7 Å². The third-order valence-electron chi connectivity index (χ3n) is 7.55. The van der Waals surface area contributed by atoms with Gasteiger partial charge in [0.25, 0.3) is 0 Å². The van der Waals surface area contributed by atoms with E-state index in [2.05, 4.69) is 74.3 Å². The Balaban J connectivity index is 1.34. The minimum absolute atomic E-state index is 0.0237. The van der Waals surface area contributed by atoms with E-state index in [1.807, 2.05) is 0 Å². The van der Waals surface area contributed by atoms with Crippen LogP contribution in [0, 0.1) is 25.2 Å². The van der Waals surface area contributed by atoms with Crippen molar-refractivity contribution in [2.24, 2.45) is 11.3 Å². The average molecular weight is 419 g/mol. The Morgan fingerprint density at radius 1 is 1.03 bits per heavy atom. The molecule has 31 heavy (non-hydrogen) atoms. The summed E-state index contributed by atoms with van der Waals surface area (Å²) in [5.41, 5.74) is 7.58. The van der Waals surface area contributed by atoms with Crippen molar-refractivity contribution in [2.75, 3.05) is 19.6 Å². The number of ether oxygens (including phenoxy) is 1. The summed E-state index contributed by atoms with van der Waals surface area (Å²) in [5, 5.41) is 3.23. The van der Waals surface area contributed by atoms with Gasteiger partial charge in [-0.25, -0.2) is 4.79 Å².